The average Bonchev–Trinajstić information content (AvgIpc) is 2.60. The van der Waals surface area contributed by atoms with Crippen LogP contribution in [-0.4, -0.2) is 17.1 Å². The number of carboxylic acids is 1. The van der Waals surface area contributed by atoms with Gasteiger partial charge in [-0.25, -0.2) is 4.79 Å². The number of anilines is 1. The summed E-state index contributed by atoms with van der Waals surface area (Å²) in [5, 5.41) is 12.2. The lowest BCUT2D eigenvalue weighted by Crippen LogP contribution is -2.26. The fraction of sp³-hybridized carbons (Fsp3) is 0.389. The molecule has 2 atom stereocenters. The van der Waals surface area contributed by atoms with Crippen molar-refractivity contribution in [3.05, 3.63) is 47.6 Å². The van der Waals surface area contributed by atoms with Gasteiger partial charge in [0, 0.05) is 17.8 Å². The van der Waals surface area contributed by atoms with E-state index in [1.807, 2.05) is 24.3 Å². The minimum Gasteiger partial charge on any atom is -0.478 e. The Kier molecular flexibility index (Phi) is 5.20. The second-order valence-corrected chi connectivity index (χ2v) is 5.85. The third kappa shape index (κ3) is 4.78. The molecule has 1 aromatic rings. The minimum absolute atomic E-state index is 0.462. The molecule has 1 aliphatic carbocycles. The van der Waals surface area contributed by atoms with Gasteiger partial charge in [0.05, 0.1) is 0 Å². The van der Waals surface area contributed by atoms with E-state index in [0.29, 0.717) is 12.0 Å². The highest BCUT2D eigenvalue weighted by Crippen LogP contribution is 2.26. The van der Waals surface area contributed by atoms with Crippen LogP contribution in [0.15, 0.2) is 42.0 Å². The molecule has 3 nitrogen and oxygen atoms in total. The summed E-state index contributed by atoms with van der Waals surface area (Å²) in [5.74, 6) is -0.281. The maximum absolute atomic E-state index is 10.5. The predicted molar refractivity (Wildman–Crippen MR) is 87.3 cm³/mol. The molecule has 0 amide bonds. The molecule has 2 rings (SSSR count). The number of allylic oxidation sites excluding steroid dienone is 1. The van der Waals surface area contributed by atoms with E-state index in [1.54, 1.807) is 6.08 Å². The van der Waals surface area contributed by atoms with Crippen LogP contribution in [0.25, 0.3) is 6.08 Å². The predicted octanol–water partition coefficient (Wildman–Crippen LogP) is 4.33. The molecule has 0 radical (unpaired) electrons. The molecule has 0 saturated carbocycles. The van der Waals surface area contributed by atoms with Crippen LogP contribution in [-0.2, 0) is 4.79 Å². The second kappa shape index (κ2) is 7.11. The van der Waals surface area contributed by atoms with Gasteiger partial charge >= 0.3 is 5.97 Å². The molecule has 0 heterocycles. The molecule has 0 spiro atoms. The number of rotatable bonds is 4. The summed E-state index contributed by atoms with van der Waals surface area (Å²) in [7, 11) is 0. The van der Waals surface area contributed by atoms with Gasteiger partial charge in [-0.15, -0.1) is 0 Å². The molecule has 21 heavy (non-hydrogen) atoms. The smallest absolute Gasteiger partial charge is 0.328 e. The number of nitrogens with one attached hydrogen (secondary N) is 1. The Labute approximate surface area is 126 Å². The van der Waals surface area contributed by atoms with E-state index >= 15 is 0 Å². The van der Waals surface area contributed by atoms with Crippen LogP contribution in [0.4, 0.5) is 5.69 Å². The third-order valence-electron chi connectivity index (χ3n) is 4.02. The Bertz CT molecular complexity index is 543. The lowest BCUT2D eigenvalue weighted by Gasteiger charge is -2.24. The topological polar surface area (TPSA) is 49.3 Å². The van der Waals surface area contributed by atoms with E-state index in [9.17, 15) is 4.79 Å². The van der Waals surface area contributed by atoms with Crippen molar-refractivity contribution in [3.63, 3.8) is 0 Å². The van der Waals surface area contributed by atoms with Crippen molar-refractivity contribution in [2.24, 2.45) is 5.92 Å². The molecule has 0 fully saturated rings. The van der Waals surface area contributed by atoms with Gasteiger partial charge in [-0.3, -0.25) is 0 Å². The van der Waals surface area contributed by atoms with Crippen molar-refractivity contribution in [3.8, 4) is 0 Å². The van der Waals surface area contributed by atoms with Gasteiger partial charge in [-0.2, -0.15) is 0 Å². The van der Waals surface area contributed by atoms with E-state index in [4.69, 9.17) is 5.11 Å². The lowest BCUT2D eigenvalue weighted by atomic mass is 9.95. The first kappa shape index (κ1) is 15.4. The van der Waals surface area contributed by atoms with Crippen LogP contribution in [0, 0.1) is 5.92 Å². The molecule has 1 aliphatic rings. The standard InChI is InChI=1S/C18H23NO2/c1-13-4-3-5-14(2)17(12-13)19-16-9-6-15(7-10-16)8-11-18(20)21/h4,6-11,14,17,19H,3,5,12H2,1-2H3,(H,20,21)/b11-8+. The van der Waals surface area contributed by atoms with Gasteiger partial charge < -0.3 is 10.4 Å². The van der Waals surface area contributed by atoms with Crippen LogP contribution in [0.3, 0.4) is 0 Å². The van der Waals surface area contributed by atoms with E-state index in [-0.39, 0.29) is 0 Å². The number of carbonyl (C=O) groups is 1. The van der Waals surface area contributed by atoms with Gasteiger partial charge in [-0.05, 0) is 55.9 Å². The van der Waals surface area contributed by atoms with E-state index in [2.05, 4.69) is 25.2 Å². The van der Waals surface area contributed by atoms with Crippen LogP contribution >= 0.6 is 0 Å². The first-order chi connectivity index (χ1) is 10.0. The molecule has 3 heteroatoms. The second-order valence-electron chi connectivity index (χ2n) is 5.85. The Morgan fingerprint density at radius 1 is 1.33 bits per heavy atom. The summed E-state index contributed by atoms with van der Waals surface area (Å²) in [4.78, 5) is 10.5. The third-order valence-corrected chi connectivity index (χ3v) is 4.02. The van der Waals surface area contributed by atoms with E-state index < -0.39 is 5.97 Å². The van der Waals surface area contributed by atoms with Gasteiger partial charge in [-0.1, -0.05) is 30.7 Å². The molecule has 112 valence electrons. The molecule has 0 aliphatic heterocycles. The highest BCUT2D eigenvalue weighted by Gasteiger charge is 2.19. The quantitative estimate of drug-likeness (QED) is 0.639. The van der Waals surface area contributed by atoms with Gasteiger partial charge in [0.25, 0.3) is 0 Å². The Morgan fingerprint density at radius 2 is 2.05 bits per heavy atom. The fourth-order valence-corrected chi connectivity index (χ4v) is 2.69. The molecule has 2 N–H and O–H groups in total. The minimum atomic E-state index is -0.924. The van der Waals surface area contributed by atoms with Crippen LogP contribution in [0.2, 0.25) is 0 Å². The highest BCUT2D eigenvalue weighted by molar-refractivity contribution is 5.85. The largest absolute Gasteiger partial charge is 0.478 e. The Hall–Kier alpha value is -2.03. The average molecular weight is 285 g/mol. The zero-order valence-electron chi connectivity index (χ0n) is 12.7. The maximum atomic E-state index is 10.5. The van der Waals surface area contributed by atoms with Crippen molar-refractivity contribution < 1.29 is 9.90 Å². The number of carboxylic acid groups (broad SMARTS) is 1. The van der Waals surface area contributed by atoms with Crippen LogP contribution < -0.4 is 5.32 Å². The first-order valence-electron chi connectivity index (χ1n) is 7.48. The van der Waals surface area contributed by atoms with Crippen molar-refractivity contribution in [2.75, 3.05) is 5.32 Å². The highest BCUT2D eigenvalue weighted by atomic mass is 16.4. The molecule has 2 unspecified atom stereocenters. The normalized spacial score (nSPS) is 22.7. The van der Waals surface area contributed by atoms with Crippen molar-refractivity contribution >= 4 is 17.7 Å². The zero-order chi connectivity index (χ0) is 15.2. The lowest BCUT2D eigenvalue weighted by molar-refractivity contribution is -0.131. The molecule has 0 aromatic heterocycles. The summed E-state index contributed by atoms with van der Waals surface area (Å²) in [6.45, 7) is 4.50. The molecule has 0 bridgehead atoms. The van der Waals surface area contributed by atoms with E-state index in [1.165, 1.54) is 18.4 Å². The van der Waals surface area contributed by atoms with Gasteiger partial charge in [0.15, 0.2) is 0 Å². The zero-order valence-corrected chi connectivity index (χ0v) is 12.7. The van der Waals surface area contributed by atoms with Gasteiger partial charge in [0.1, 0.15) is 0 Å². The summed E-state index contributed by atoms with van der Waals surface area (Å²) in [6.07, 6.45) is 8.58. The molecule has 1 aromatic carbocycles. The first-order valence-corrected chi connectivity index (χ1v) is 7.48. The van der Waals surface area contributed by atoms with E-state index in [0.717, 1.165) is 23.7 Å². The molecular formula is C18H23NO2. The van der Waals surface area contributed by atoms with Crippen molar-refractivity contribution in [1.82, 2.24) is 0 Å². The number of aliphatic carboxylic acids is 1. The maximum Gasteiger partial charge on any atom is 0.328 e. The summed E-state index contributed by atoms with van der Waals surface area (Å²) in [5.41, 5.74) is 3.44. The summed E-state index contributed by atoms with van der Waals surface area (Å²) >= 11 is 0. The fourth-order valence-electron chi connectivity index (χ4n) is 2.69. The van der Waals surface area contributed by atoms with Gasteiger partial charge in [0.2, 0.25) is 0 Å². The number of hydrogen-bond acceptors (Lipinski definition) is 2. The Morgan fingerprint density at radius 3 is 2.71 bits per heavy atom. The van der Waals surface area contributed by atoms with Crippen molar-refractivity contribution in [1.29, 1.82) is 0 Å². The SMILES string of the molecule is CC1=CCCC(C)C(Nc2ccc(/C=C/C(=O)O)cc2)C1. The van der Waals surface area contributed by atoms with Crippen LogP contribution in [0.5, 0.6) is 0 Å². The van der Waals surface area contributed by atoms with Crippen molar-refractivity contribution in [2.45, 2.75) is 39.2 Å². The number of benzene rings is 1. The monoisotopic (exact) mass is 285 g/mol. The van der Waals surface area contributed by atoms with Crippen LogP contribution in [0.1, 0.15) is 38.7 Å². The number of hydrogen-bond donors (Lipinski definition) is 2. The Balaban J connectivity index is 2.02. The summed E-state index contributed by atoms with van der Waals surface area (Å²) < 4.78 is 0. The molecule has 0 saturated heterocycles. The summed E-state index contributed by atoms with van der Waals surface area (Å²) in [6, 6.07) is 8.36. The molecular weight excluding hydrogens is 262 g/mol.